The Labute approximate surface area is 423 Å². The molecule has 5 nitrogen and oxygen atoms in total. The molecular weight excluding hydrogens is 837 g/mol. The van der Waals surface area contributed by atoms with E-state index in [9.17, 15) is 14.7 Å². The lowest BCUT2D eigenvalue weighted by atomic mass is 10.0. The van der Waals surface area contributed by atoms with Crippen LogP contribution in [0.4, 0.5) is 0 Å². The fourth-order valence-electron chi connectivity index (χ4n) is 8.58. The molecule has 0 saturated heterocycles. The Hall–Kier alpha value is -2.66. The average Bonchev–Trinajstić information content (AvgIpc) is 3.34. The number of allylic oxidation sites excluding steroid dienone is 12. The zero-order valence-corrected chi connectivity index (χ0v) is 45.1. The van der Waals surface area contributed by atoms with Gasteiger partial charge in [-0.2, -0.15) is 0 Å². The molecule has 0 radical (unpaired) electrons. The number of carbonyl (C=O) groups is 2. The molecule has 0 aromatic heterocycles. The normalized spacial score (nSPS) is 12.7. The van der Waals surface area contributed by atoms with Gasteiger partial charge < -0.3 is 14.6 Å². The van der Waals surface area contributed by atoms with E-state index in [0.717, 1.165) is 77.0 Å². The molecule has 0 fully saturated rings. The van der Waals surface area contributed by atoms with Crippen molar-refractivity contribution in [1.82, 2.24) is 0 Å². The number of hydrogen-bond acceptors (Lipinski definition) is 5. The van der Waals surface area contributed by atoms with Crippen LogP contribution in [-0.4, -0.2) is 36.4 Å². The summed E-state index contributed by atoms with van der Waals surface area (Å²) < 4.78 is 10.6. The van der Waals surface area contributed by atoms with Gasteiger partial charge in [-0.1, -0.05) is 273 Å². The predicted octanol–water partition coefficient (Wildman–Crippen LogP) is 20.0. The lowest BCUT2D eigenvalue weighted by molar-refractivity contribution is -0.161. The Kier molecular flexibility index (Phi) is 56.4. The van der Waals surface area contributed by atoms with Gasteiger partial charge in [0.05, 0.1) is 6.61 Å². The molecule has 0 aliphatic carbocycles. The summed E-state index contributed by atoms with van der Waals surface area (Å²) in [5, 5.41) is 9.61. The standard InChI is InChI=1S/C63H112O5/c1-3-5-7-9-11-13-15-17-18-19-20-21-22-23-24-25-26-27-28-29-30-31-32-33-34-35-36-37-38-39-40-41-42-43-44-46-48-50-52-54-56-58-63(66)68-61(59-64)60-67-62(65)57-55-53-51-49-47-45-16-14-12-10-8-6-4-2/h6,8,12,14-15,17,19-20,22-23,45,47,61,64H,3-5,7,9-11,13,16,18,21,24-44,46,48-60H2,1-2H3/b8-6-,14-12-,17-15-,20-19-,23-22-,47-45-. The third kappa shape index (κ3) is 55.9. The summed E-state index contributed by atoms with van der Waals surface area (Å²) in [6.07, 6.45) is 80.6. The lowest BCUT2D eigenvalue weighted by Crippen LogP contribution is -2.28. The molecule has 0 aliphatic heterocycles. The van der Waals surface area contributed by atoms with Gasteiger partial charge >= 0.3 is 11.9 Å². The molecule has 0 aromatic carbocycles. The van der Waals surface area contributed by atoms with Crippen molar-refractivity contribution in [2.75, 3.05) is 13.2 Å². The maximum absolute atomic E-state index is 12.3. The Morgan fingerprint density at radius 1 is 0.353 bits per heavy atom. The van der Waals surface area contributed by atoms with E-state index in [-0.39, 0.29) is 25.2 Å². The molecule has 1 N–H and O–H groups in total. The molecule has 1 unspecified atom stereocenters. The lowest BCUT2D eigenvalue weighted by Gasteiger charge is -2.15. The van der Waals surface area contributed by atoms with E-state index in [0.29, 0.717) is 12.8 Å². The van der Waals surface area contributed by atoms with Gasteiger partial charge in [-0.3, -0.25) is 9.59 Å². The quantitative estimate of drug-likeness (QED) is 0.0374. The number of aliphatic hydroxyl groups is 1. The van der Waals surface area contributed by atoms with E-state index in [1.807, 2.05) is 0 Å². The zero-order chi connectivity index (χ0) is 49.2. The highest BCUT2D eigenvalue weighted by Crippen LogP contribution is 2.17. The van der Waals surface area contributed by atoms with E-state index in [4.69, 9.17) is 9.47 Å². The molecule has 0 aliphatic rings. The highest BCUT2D eigenvalue weighted by molar-refractivity contribution is 5.70. The van der Waals surface area contributed by atoms with Crippen molar-refractivity contribution >= 4 is 11.9 Å². The van der Waals surface area contributed by atoms with Gasteiger partial charge in [-0.15, -0.1) is 0 Å². The van der Waals surface area contributed by atoms with Crippen molar-refractivity contribution in [2.45, 2.75) is 302 Å². The molecule has 0 bridgehead atoms. The van der Waals surface area contributed by atoms with E-state index < -0.39 is 6.10 Å². The van der Waals surface area contributed by atoms with Crippen molar-refractivity contribution in [3.63, 3.8) is 0 Å². The number of carbonyl (C=O) groups excluding carboxylic acids is 2. The van der Waals surface area contributed by atoms with Crippen molar-refractivity contribution in [3.8, 4) is 0 Å². The van der Waals surface area contributed by atoms with Gasteiger partial charge in [0, 0.05) is 12.8 Å². The van der Waals surface area contributed by atoms with Crippen molar-refractivity contribution < 1.29 is 24.2 Å². The molecule has 0 spiro atoms. The maximum atomic E-state index is 12.3. The summed E-state index contributed by atoms with van der Waals surface area (Å²) in [5.74, 6) is -0.617. The smallest absolute Gasteiger partial charge is 0.306 e. The summed E-state index contributed by atoms with van der Waals surface area (Å²) >= 11 is 0. The Bertz CT molecular complexity index is 1210. The first-order chi connectivity index (χ1) is 33.6. The minimum absolute atomic E-state index is 0.0803. The number of unbranched alkanes of at least 4 members (excludes halogenated alkanes) is 34. The number of aliphatic hydroxyl groups excluding tert-OH is 1. The van der Waals surface area contributed by atoms with Crippen LogP contribution in [0.2, 0.25) is 0 Å². The SMILES string of the molecule is CC/C=C\C/C=C\C/C=C\CCCCCC(=O)OCC(CO)OC(=O)CCCCCCCCCCCCCCCCCCCCCCCCCCCC/C=C\C/C=C\C/C=C\CCCCCCC. The molecule has 0 aromatic rings. The van der Waals surface area contributed by atoms with E-state index in [1.165, 1.54) is 193 Å². The first-order valence-electron chi connectivity index (χ1n) is 29.5. The number of ether oxygens (including phenoxy) is 2. The van der Waals surface area contributed by atoms with Crippen LogP contribution >= 0.6 is 0 Å². The zero-order valence-electron chi connectivity index (χ0n) is 45.1. The third-order valence-corrected chi connectivity index (χ3v) is 13.0. The summed E-state index contributed by atoms with van der Waals surface area (Å²) in [4.78, 5) is 24.4. The highest BCUT2D eigenvalue weighted by Gasteiger charge is 2.16. The van der Waals surface area contributed by atoms with E-state index in [2.05, 4.69) is 86.8 Å². The topological polar surface area (TPSA) is 72.8 Å². The fraction of sp³-hybridized carbons (Fsp3) is 0.778. The fourth-order valence-corrected chi connectivity index (χ4v) is 8.58. The van der Waals surface area contributed by atoms with Crippen LogP contribution in [0.25, 0.3) is 0 Å². The summed E-state index contributed by atoms with van der Waals surface area (Å²) in [5.41, 5.74) is 0. The Morgan fingerprint density at radius 2 is 0.632 bits per heavy atom. The second kappa shape index (κ2) is 58.7. The first kappa shape index (κ1) is 65.3. The average molecular weight is 950 g/mol. The molecule has 0 amide bonds. The van der Waals surface area contributed by atoms with Crippen LogP contribution in [0.15, 0.2) is 72.9 Å². The van der Waals surface area contributed by atoms with Gasteiger partial charge in [0.1, 0.15) is 6.61 Å². The molecule has 0 heterocycles. The molecule has 5 heteroatoms. The van der Waals surface area contributed by atoms with Crippen LogP contribution in [0, 0.1) is 0 Å². The molecule has 1 atom stereocenters. The predicted molar refractivity (Wildman–Crippen MR) is 297 cm³/mol. The second-order valence-corrected chi connectivity index (χ2v) is 19.7. The monoisotopic (exact) mass is 949 g/mol. The molecule has 0 rings (SSSR count). The van der Waals surface area contributed by atoms with Crippen molar-refractivity contribution in [2.24, 2.45) is 0 Å². The molecule has 68 heavy (non-hydrogen) atoms. The molecule has 0 saturated carbocycles. The maximum Gasteiger partial charge on any atom is 0.306 e. The first-order valence-corrected chi connectivity index (χ1v) is 29.5. The van der Waals surface area contributed by atoms with Crippen LogP contribution in [0.5, 0.6) is 0 Å². The Balaban J connectivity index is 3.38. The van der Waals surface area contributed by atoms with Crippen molar-refractivity contribution in [3.05, 3.63) is 72.9 Å². The van der Waals surface area contributed by atoms with Crippen LogP contribution < -0.4 is 0 Å². The largest absolute Gasteiger partial charge is 0.462 e. The minimum atomic E-state index is -0.784. The van der Waals surface area contributed by atoms with Crippen LogP contribution in [-0.2, 0) is 19.1 Å². The Morgan fingerprint density at radius 3 is 0.971 bits per heavy atom. The molecular formula is C63H112O5. The summed E-state index contributed by atoms with van der Waals surface area (Å²) in [6.45, 7) is 4.00. The van der Waals surface area contributed by atoms with Crippen LogP contribution in [0.3, 0.4) is 0 Å². The van der Waals surface area contributed by atoms with E-state index in [1.54, 1.807) is 0 Å². The van der Waals surface area contributed by atoms with Gasteiger partial charge in [0.15, 0.2) is 6.10 Å². The van der Waals surface area contributed by atoms with Gasteiger partial charge in [-0.25, -0.2) is 0 Å². The third-order valence-electron chi connectivity index (χ3n) is 13.0. The van der Waals surface area contributed by atoms with Gasteiger partial charge in [-0.05, 0) is 83.5 Å². The minimum Gasteiger partial charge on any atom is -0.462 e. The number of hydrogen-bond donors (Lipinski definition) is 1. The van der Waals surface area contributed by atoms with E-state index >= 15 is 0 Å². The van der Waals surface area contributed by atoms with Crippen molar-refractivity contribution in [1.29, 1.82) is 0 Å². The highest BCUT2D eigenvalue weighted by atomic mass is 16.6. The summed E-state index contributed by atoms with van der Waals surface area (Å²) in [6, 6.07) is 0. The number of rotatable bonds is 54. The summed E-state index contributed by atoms with van der Waals surface area (Å²) in [7, 11) is 0. The van der Waals surface area contributed by atoms with Gasteiger partial charge in [0.2, 0.25) is 0 Å². The number of esters is 2. The molecule has 394 valence electrons. The van der Waals surface area contributed by atoms with Gasteiger partial charge in [0.25, 0.3) is 0 Å². The van der Waals surface area contributed by atoms with Crippen LogP contribution in [0.1, 0.15) is 296 Å². The second-order valence-electron chi connectivity index (χ2n) is 19.7.